The molecule has 0 aliphatic heterocycles. The molecule has 1 aromatic rings. The topological polar surface area (TPSA) is 38.4 Å². The molecule has 2 N–H and O–H groups in total. The van der Waals surface area contributed by atoms with E-state index in [-0.39, 0.29) is 0 Å². The number of unbranched alkanes of at least 4 members (excludes halogenated alkanes) is 1. The molecule has 0 saturated heterocycles. The lowest BCUT2D eigenvalue weighted by Crippen LogP contribution is -2.06. The largest absolute Gasteiger partial charge is 0.330 e. The third kappa shape index (κ3) is 6.81. The molecule has 1 aliphatic rings. The van der Waals surface area contributed by atoms with Crippen molar-refractivity contribution in [2.45, 2.75) is 59.3 Å². The minimum atomic E-state index is 0.589. The van der Waals surface area contributed by atoms with E-state index in [9.17, 15) is 0 Å². The van der Waals surface area contributed by atoms with Crippen LogP contribution in [0, 0.1) is 11.8 Å². The molecule has 1 aromatic carbocycles. The molecule has 1 aliphatic carbocycles. The summed E-state index contributed by atoms with van der Waals surface area (Å²) in [4.78, 5) is 4.87. The number of hydrogen-bond donors (Lipinski definition) is 1. The Morgan fingerprint density at radius 1 is 1.16 bits per heavy atom. The predicted molar refractivity (Wildman–Crippen MR) is 137 cm³/mol. The number of rotatable bonds is 10. The number of nitrogens with zero attached hydrogens (tertiary/aromatic N) is 1. The zero-order chi connectivity index (χ0) is 22.6. The smallest absolute Gasteiger partial charge is 0.0479 e. The van der Waals surface area contributed by atoms with Gasteiger partial charge in [-0.2, -0.15) is 0 Å². The van der Waals surface area contributed by atoms with Crippen molar-refractivity contribution >= 4 is 11.3 Å². The van der Waals surface area contributed by atoms with Crippen molar-refractivity contribution in [2.24, 2.45) is 10.7 Å². The molecular formula is C29H36N2. The van der Waals surface area contributed by atoms with Gasteiger partial charge in [0.25, 0.3) is 0 Å². The summed E-state index contributed by atoms with van der Waals surface area (Å²) in [6.45, 7) is 14.9. The van der Waals surface area contributed by atoms with Crippen LogP contribution in [0.25, 0.3) is 5.57 Å². The second-order valence-electron chi connectivity index (χ2n) is 7.61. The van der Waals surface area contributed by atoms with Crippen molar-refractivity contribution in [3.05, 3.63) is 89.2 Å². The van der Waals surface area contributed by atoms with Gasteiger partial charge in [0, 0.05) is 29.5 Å². The maximum Gasteiger partial charge on any atom is 0.0479 e. The molecular weight excluding hydrogens is 376 g/mol. The van der Waals surface area contributed by atoms with Gasteiger partial charge in [0.15, 0.2) is 0 Å². The lowest BCUT2D eigenvalue weighted by atomic mass is 9.88. The third-order valence-corrected chi connectivity index (χ3v) is 5.30. The Morgan fingerprint density at radius 3 is 2.48 bits per heavy atom. The molecule has 0 unspecified atom stereocenters. The molecule has 0 heterocycles. The van der Waals surface area contributed by atoms with Crippen molar-refractivity contribution in [3.63, 3.8) is 0 Å². The van der Waals surface area contributed by atoms with Crippen molar-refractivity contribution in [1.82, 2.24) is 0 Å². The number of allylic oxidation sites excluding steroid dienone is 6. The summed E-state index contributed by atoms with van der Waals surface area (Å²) in [5.41, 5.74) is 15.2. The second kappa shape index (κ2) is 12.7. The molecule has 2 nitrogen and oxygen atoms in total. The number of aliphatic imine (C=N–C) groups is 1. The van der Waals surface area contributed by atoms with Crippen LogP contribution in [0.15, 0.2) is 77.5 Å². The van der Waals surface area contributed by atoms with E-state index in [0.717, 1.165) is 60.9 Å². The number of nitrogens with two attached hydrogens (primary N) is 1. The zero-order valence-electron chi connectivity index (χ0n) is 19.4. The van der Waals surface area contributed by atoms with Gasteiger partial charge < -0.3 is 5.73 Å². The van der Waals surface area contributed by atoms with E-state index in [2.05, 4.69) is 70.0 Å². The Morgan fingerprint density at radius 2 is 1.94 bits per heavy atom. The molecule has 2 rings (SSSR count). The summed E-state index contributed by atoms with van der Waals surface area (Å²) in [5, 5.41) is 0. The molecule has 0 aromatic heterocycles. The van der Waals surface area contributed by atoms with Crippen LogP contribution in [0.5, 0.6) is 0 Å². The molecule has 0 bridgehead atoms. The van der Waals surface area contributed by atoms with Gasteiger partial charge in [0.05, 0.1) is 0 Å². The van der Waals surface area contributed by atoms with E-state index in [1.54, 1.807) is 0 Å². The Bertz CT molecular complexity index is 981. The fourth-order valence-electron chi connectivity index (χ4n) is 3.49. The Hall–Kier alpha value is -2.89. The van der Waals surface area contributed by atoms with E-state index in [1.165, 1.54) is 22.3 Å². The molecule has 0 amide bonds. The summed E-state index contributed by atoms with van der Waals surface area (Å²) < 4.78 is 0. The van der Waals surface area contributed by atoms with Crippen LogP contribution in [-0.2, 0) is 0 Å². The highest BCUT2D eigenvalue weighted by Gasteiger charge is 2.23. The van der Waals surface area contributed by atoms with E-state index in [0.29, 0.717) is 6.54 Å². The van der Waals surface area contributed by atoms with Gasteiger partial charge in [-0.05, 0) is 80.0 Å². The van der Waals surface area contributed by atoms with Crippen LogP contribution >= 0.6 is 0 Å². The van der Waals surface area contributed by atoms with Gasteiger partial charge >= 0.3 is 0 Å². The first-order valence-corrected chi connectivity index (χ1v) is 11.4. The number of hydrogen-bond acceptors (Lipinski definition) is 2. The van der Waals surface area contributed by atoms with Crippen LogP contribution in [0.2, 0.25) is 0 Å². The maximum absolute atomic E-state index is 5.72. The first-order chi connectivity index (χ1) is 15.1. The summed E-state index contributed by atoms with van der Waals surface area (Å²) >= 11 is 0. The van der Waals surface area contributed by atoms with Crippen LogP contribution in [0.1, 0.15) is 76.0 Å². The average molecular weight is 413 g/mol. The lowest BCUT2D eigenvalue weighted by molar-refractivity contribution is 0.969. The molecule has 0 atom stereocenters. The average Bonchev–Trinajstić information content (AvgIpc) is 3.62. The van der Waals surface area contributed by atoms with Gasteiger partial charge in [0.1, 0.15) is 0 Å². The molecule has 162 valence electrons. The van der Waals surface area contributed by atoms with Crippen molar-refractivity contribution < 1.29 is 0 Å². The first kappa shape index (κ1) is 24.4. The fourth-order valence-corrected chi connectivity index (χ4v) is 3.49. The van der Waals surface area contributed by atoms with Crippen molar-refractivity contribution in [2.75, 3.05) is 6.54 Å². The lowest BCUT2D eigenvalue weighted by Gasteiger charge is -2.16. The van der Waals surface area contributed by atoms with Gasteiger partial charge in [-0.25, -0.2) is 0 Å². The zero-order valence-corrected chi connectivity index (χ0v) is 19.4. The van der Waals surface area contributed by atoms with Gasteiger partial charge in [-0.3, -0.25) is 4.99 Å². The molecule has 1 saturated carbocycles. The summed E-state index contributed by atoms with van der Waals surface area (Å²) in [7, 11) is 0. The van der Waals surface area contributed by atoms with Gasteiger partial charge in [0.2, 0.25) is 0 Å². The van der Waals surface area contributed by atoms with Crippen LogP contribution in [-0.4, -0.2) is 12.3 Å². The molecule has 1 fully saturated rings. The van der Waals surface area contributed by atoms with Gasteiger partial charge in [-0.15, -0.1) is 0 Å². The SMILES string of the molecule is C=C/C(=C\N=C(CC)c1ccc(C#CCCC)cc1C(=C1CC1)/C(C=C)=C/C)CCN. The highest BCUT2D eigenvalue weighted by Crippen LogP contribution is 2.42. The minimum Gasteiger partial charge on any atom is -0.330 e. The monoisotopic (exact) mass is 412 g/mol. The fraction of sp³-hybridized carbons (Fsp3) is 0.345. The summed E-state index contributed by atoms with van der Waals surface area (Å²) in [6, 6.07) is 6.52. The molecule has 31 heavy (non-hydrogen) atoms. The van der Waals surface area contributed by atoms with E-state index in [1.807, 2.05) is 18.4 Å². The molecule has 2 heteroatoms. The quantitative estimate of drug-likeness (QED) is 0.248. The third-order valence-electron chi connectivity index (χ3n) is 5.30. The van der Waals surface area contributed by atoms with Crippen molar-refractivity contribution in [3.8, 4) is 11.8 Å². The predicted octanol–water partition coefficient (Wildman–Crippen LogP) is 7.14. The van der Waals surface area contributed by atoms with E-state index < -0.39 is 0 Å². The Kier molecular flexibility index (Phi) is 10.0. The Labute approximate surface area is 189 Å². The first-order valence-electron chi connectivity index (χ1n) is 11.4. The number of benzene rings is 1. The second-order valence-corrected chi connectivity index (χ2v) is 7.61. The highest BCUT2D eigenvalue weighted by molar-refractivity contribution is 6.06. The van der Waals surface area contributed by atoms with Crippen LogP contribution in [0.3, 0.4) is 0 Å². The van der Waals surface area contributed by atoms with Gasteiger partial charge in [-0.1, -0.05) is 68.7 Å². The summed E-state index contributed by atoms with van der Waals surface area (Å²) in [6.07, 6.45) is 13.7. The maximum atomic E-state index is 5.72. The summed E-state index contributed by atoms with van der Waals surface area (Å²) in [5.74, 6) is 6.62. The standard InChI is InChI=1S/C29H36N2/c1-6-11-12-13-23-14-17-26(28(10-5)31-21-22(7-2)18-19-30)27(20-23)29(25-15-16-25)24(8-3)9-4/h7-9,14,17,20-21H,2-3,6,10-11,15-16,18-19,30H2,1,4-5H3/b22-21+,24-9+,31-28?. The Balaban J connectivity index is 2.69. The highest BCUT2D eigenvalue weighted by atomic mass is 14.7. The van der Waals surface area contributed by atoms with Crippen molar-refractivity contribution in [1.29, 1.82) is 0 Å². The minimum absolute atomic E-state index is 0.589. The van der Waals surface area contributed by atoms with E-state index >= 15 is 0 Å². The molecule has 0 radical (unpaired) electrons. The molecule has 0 spiro atoms. The van der Waals surface area contributed by atoms with Crippen LogP contribution < -0.4 is 5.73 Å². The van der Waals surface area contributed by atoms with E-state index in [4.69, 9.17) is 10.7 Å². The van der Waals surface area contributed by atoms with Crippen LogP contribution in [0.4, 0.5) is 0 Å². The normalized spacial score (nSPS) is 14.1.